The third-order valence-corrected chi connectivity index (χ3v) is 6.62. The molecular weight excluding hydrogens is 564 g/mol. The molecule has 0 bridgehead atoms. The smallest absolute Gasteiger partial charge is 0.343 e. The predicted molar refractivity (Wildman–Crippen MR) is 136 cm³/mol. The van der Waals surface area contributed by atoms with Crippen molar-refractivity contribution in [3.8, 4) is 11.5 Å². The number of amides is 3. The van der Waals surface area contributed by atoms with Crippen LogP contribution in [0, 0.1) is 6.92 Å². The van der Waals surface area contributed by atoms with E-state index < -0.39 is 29.6 Å². The Morgan fingerprint density at radius 3 is 2.60 bits per heavy atom. The van der Waals surface area contributed by atoms with Gasteiger partial charge in [-0.15, -0.1) is 0 Å². The molecule has 0 spiro atoms. The van der Waals surface area contributed by atoms with Crippen LogP contribution in [-0.2, 0) is 19.1 Å². The summed E-state index contributed by atoms with van der Waals surface area (Å²) in [5, 5.41) is 2.55. The molecule has 2 aromatic carbocycles. The van der Waals surface area contributed by atoms with E-state index in [9.17, 15) is 19.2 Å². The van der Waals surface area contributed by atoms with Crippen molar-refractivity contribution in [2.75, 3.05) is 32.7 Å². The number of ether oxygens (including phenoxy) is 3. The number of nitrogens with zero attached hydrogens (tertiary/aromatic N) is 1. The number of anilines is 1. The first-order chi connectivity index (χ1) is 16.6. The van der Waals surface area contributed by atoms with Gasteiger partial charge in [0.1, 0.15) is 6.54 Å². The minimum absolute atomic E-state index is 0.132. The van der Waals surface area contributed by atoms with Gasteiger partial charge in [0.2, 0.25) is 5.91 Å². The minimum Gasteiger partial charge on any atom is -0.493 e. The second-order valence-corrected chi connectivity index (χ2v) is 9.45. The number of nitrogens with one attached hydrogen (secondary N) is 1. The Hall–Kier alpha value is -3.02. The third-order valence-electron chi connectivity index (χ3n) is 4.79. The summed E-state index contributed by atoms with van der Waals surface area (Å²) in [4.78, 5) is 50.2. The minimum atomic E-state index is -0.602. The highest BCUT2D eigenvalue weighted by Gasteiger charge is 2.36. The Morgan fingerprint density at radius 1 is 1.17 bits per heavy atom. The molecule has 35 heavy (non-hydrogen) atoms. The summed E-state index contributed by atoms with van der Waals surface area (Å²) in [7, 11) is 2.67. The number of carbonyl (C=O) groups excluding carboxylic acids is 4. The fraction of sp³-hybridized carbons (Fsp3) is 0.217. The molecule has 1 heterocycles. The van der Waals surface area contributed by atoms with Gasteiger partial charge in [-0.1, -0.05) is 33.6 Å². The highest BCUT2D eigenvalue weighted by atomic mass is 79.9. The van der Waals surface area contributed by atoms with Crippen LogP contribution in [0.4, 0.5) is 10.5 Å². The van der Waals surface area contributed by atoms with E-state index in [2.05, 4.69) is 26.0 Å². The number of hydrogen-bond donors (Lipinski definition) is 1. The van der Waals surface area contributed by atoms with Crippen molar-refractivity contribution < 1.29 is 33.4 Å². The number of esters is 1. The molecule has 0 radical (unpaired) electrons. The van der Waals surface area contributed by atoms with Gasteiger partial charge in [0, 0.05) is 15.2 Å². The van der Waals surface area contributed by atoms with E-state index in [0.29, 0.717) is 26.5 Å². The Balaban J connectivity index is 1.76. The first kappa shape index (κ1) is 26.6. The second kappa shape index (κ2) is 11.6. The molecular formula is C23H20BrClN2O7S. The molecule has 2 aromatic rings. The zero-order valence-corrected chi connectivity index (χ0v) is 22.0. The number of hydrogen-bond acceptors (Lipinski definition) is 8. The predicted octanol–water partition coefficient (Wildman–Crippen LogP) is 4.65. The van der Waals surface area contributed by atoms with E-state index in [0.717, 1.165) is 22.2 Å². The highest BCUT2D eigenvalue weighted by molar-refractivity contribution is 9.10. The maximum absolute atomic E-state index is 12.9. The van der Waals surface area contributed by atoms with Crippen LogP contribution in [0.5, 0.6) is 11.5 Å². The van der Waals surface area contributed by atoms with Gasteiger partial charge in [0.25, 0.3) is 11.1 Å². The average molecular weight is 584 g/mol. The molecule has 3 rings (SSSR count). The van der Waals surface area contributed by atoms with Crippen LogP contribution in [0.25, 0.3) is 6.08 Å². The van der Waals surface area contributed by atoms with Crippen LogP contribution in [0.3, 0.4) is 0 Å². The van der Waals surface area contributed by atoms with Crippen molar-refractivity contribution >= 4 is 74.1 Å². The molecule has 184 valence electrons. The maximum Gasteiger partial charge on any atom is 0.343 e. The summed E-state index contributed by atoms with van der Waals surface area (Å²) in [5.41, 5.74) is 1.81. The standard InChI is InChI=1S/C23H20BrClN2O7S/c1-12-4-5-14(25)8-16(12)26-20(28)10-27-22(30)19(35-23(27)31)7-13-6-17(32-2)18(9-15(13)24)34-11-21(29)33-3/h4-9H,10-11H2,1-3H3,(H,26,28)/b19-7+. The number of methoxy groups -OCH3 is 2. The van der Waals surface area contributed by atoms with E-state index in [1.165, 1.54) is 20.3 Å². The molecule has 0 atom stereocenters. The summed E-state index contributed by atoms with van der Waals surface area (Å²) in [6.45, 7) is 1.04. The van der Waals surface area contributed by atoms with Crippen LogP contribution in [0.2, 0.25) is 5.02 Å². The van der Waals surface area contributed by atoms with Gasteiger partial charge >= 0.3 is 5.97 Å². The molecule has 1 aliphatic rings. The molecule has 1 saturated heterocycles. The topological polar surface area (TPSA) is 111 Å². The third kappa shape index (κ3) is 6.56. The maximum atomic E-state index is 12.9. The lowest BCUT2D eigenvalue weighted by molar-refractivity contribution is -0.143. The summed E-state index contributed by atoms with van der Waals surface area (Å²) in [5.74, 6) is -1.11. The number of thioether (sulfide) groups is 1. The fourth-order valence-electron chi connectivity index (χ4n) is 2.97. The van der Waals surface area contributed by atoms with Crippen LogP contribution < -0.4 is 14.8 Å². The number of imide groups is 1. The van der Waals surface area contributed by atoms with E-state index in [1.54, 1.807) is 37.3 Å². The van der Waals surface area contributed by atoms with Gasteiger partial charge in [-0.3, -0.25) is 19.3 Å². The Morgan fingerprint density at radius 2 is 1.91 bits per heavy atom. The normalized spacial score (nSPS) is 14.3. The van der Waals surface area contributed by atoms with Crippen molar-refractivity contribution in [3.63, 3.8) is 0 Å². The van der Waals surface area contributed by atoms with E-state index in [4.69, 9.17) is 21.1 Å². The quantitative estimate of drug-likeness (QED) is 0.353. The number of rotatable bonds is 8. The Labute approximate surface area is 218 Å². The fourth-order valence-corrected chi connectivity index (χ4v) is 4.41. The Bertz CT molecular complexity index is 1230. The van der Waals surface area contributed by atoms with Crippen molar-refractivity contribution in [3.05, 3.63) is 55.9 Å². The van der Waals surface area contributed by atoms with Crippen molar-refractivity contribution in [2.24, 2.45) is 0 Å². The van der Waals surface area contributed by atoms with Crippen LogP contribution in [-0.4, -0.2) is 55.3 Å². The highest BCUT2D eigenvalue weighted by Crippen LogP contribution is 2.38. The molecule has 1 fully saturated rings. The lowest BCUT2D eigenvalue weighted by Crippen LogP contribution is -2.36. The monoisotopic (exact) mass is 582 g/mol. The van der Waals surface area contributed by atoms with Gasteiger partial charge in [0.15, 0.2) is 18.1 Å². The first-order valence-electron chi connectivity index (χ1n) is 10.0. The summed E-state index contributed by atoms with van der Waals surface area (Å²) in [6.07, 6.45) is 1.50. The van der Waals surface area contributed by atoms with E-state index in [1.807, 2.05) is 0 Å². The lowest BCUT2D eigenvalue weighted by Gasteiger charge is -2.14. The number of aryl methyl sites for hydroxylation is 1. The van der Waals surface area contributed by atoms with E-state index >= 15 is 0 Å². The molecule has 12 heteroatoms. The molecule has 0 unspecified atom stereocenters. The van der Waals surface area contributed by atoms with Gasteiger partial charge in [-0.2, -0.15) is 0 Å². The SMILES string of the molecule is COC(=O)COc1cc(Br)c(/C=C2/SC(=O)N(CC(=O)Nc3cc(Cl)ccc3C)C2=O)cc1OC. The largest absolute Gasteiger partial charge is 0.493 e. The van der Waals surface area contributed by atoms with Gasteiger partial charge in [-0.05, 0) is 60.2 Å². The summed E-state index contributed by atoms with van der Waals surface area (Å²) in [6, 6.07) is 8.18. The average Bonchev–Trinajstić information content (AvgIpc) is 3.08. The van der Waals surface area contributed by atoms with Crippen LogP contribution in [0.15, 0.2) is 39.7 Å². The van der Waals surface area contributed by atoms with Crippen molar-refractivity contribution in [1.82, 2.24) is 4.90 Å². The van der Waals surface area contributed by atoms with Gasteiger partial charge in [0.05, 0.1) is 19.1 Å². The Kier molecular flexibility index (Phi) is 8.82. The van der Waals surface area contributed by atoms with E-state index in [-0.39, 0.29) is 17.3 Å². The van der Waals surface area contributed by atoms with Crippen molar-refractivity contribution in [1.29, 1.82) is 0 Å². The summed E-state index contributed by atoms with van der Waals surface area (Å²) >= 11 is 10.1. The summed E-state index contributed by atoms with van der Waals surface area (Å²) < 4.78 is 15.8. The van der Waals surface area contributed by atoms with Crippen molar-refractivity contribution in [2.45, 2.75) is 6.92 Å². The zero-order valence-electron chi connectivity index (χ0n) is 18.8. The lowest BCUT2D eigenvalue weighted by atomic mass is 10.2. The molecule has 3 amide bonds. The van der Waals surface area contributed by atoms with Crippen LogP contribution >= 0.6 is 39.3 Å². The number of halogens is 2. The molecule has 0 saturated carbocycles. The van der Waals surface area contributed by atoms with Gasteiger partial charge < -0.3 is 19.5 Å². The molecule has 1 N–H and O–H groups in total. The zero-order chi connectivity index (χ0) is 25.7. The number of benzene rings is 2. The van der Waals surface area contributed by atoms with Crippen LogP contribution in [0.1, 0.15) is 11.1 Å². The first-order valence-corrected chi connectivity index (χ1v) is 12.0. The molecule has 9 nitrogen and oxygen atoms in total. The second-order valence-electron chi connectivity index (χ2n) is 7.16. The molecule has 0 aromatic heterocycles. The van der Waals surface area contributed by atoms with Gasteiger partial charge in [-0.25, -0.2) is 4.79 Å². The molecule has 0 aliphatic carbocycles. The molecule has 1 aliphatic heterocycles. The number of carbonyl (C=O) groups is 4.